The third kappa shape index (κ3) is 2.33. The van der Waals surface area contributed by atoms with Gasteiger partial charge in [-0.1, -0.05) is 26.2 Å². The zero-order chi connectivity index (χ0) is 10.8. The van der Waals surface area contributed by atoms with Gasteiger partial charge in [0.15, 0.2) is 0 Å². The fraction of sp³-hybridized carbons (Fsp3) is 0.917. The van der Waals surface area contributed by atoms with Gasteiger partial charge in [0.25, 0.3) is 0 Å². The molecule has 0 aromatic rings. The van der Waals surface area contributed by atoms with E-state index in [-0.39, 0.29) is 5.92 Å². The van der Waals surface area contributed by atoms with Crippen LogP contribution >= 0.6 is 0 Å². The van der Waals surface area contributed by atoms with Gasteiger partial charge >= 0.3 is 5.97 Å². The molecule has 4 atom stereocenters. The lowest BCUT2D eigenvalue weighted by Gasteiger charge is -2.32. The van der Waals surface area contributed by atoms with Gasteiger partial charge in [-0.2, -0.15) is 0 Å². The normalized spacial score (nSPS) is 41.7. The van der Waals surface area contributed by atoms with E-state index in [0.717, 1.165) is 12.5 Å². The Kier molecular flexibility index (Phi) is 3.29. The molecule has 2 fully saturated rings. The maximum absolute atomic E-state index is 11.1. The second-order valence-electron chi connectivity index (χ2n) is 5.30. The highest BCUT2D eigenvalue weighted by Gasteiger charge is 2.39. The van der Waals surface area contributed by atoms with Crippen LogP contribution in [-0.2, 0) is 4.79 Å². The number of hydrogen-bond donors (Lipinski definition) is 2. The van der Waals surface area contributed by atoms with Crippen molar-refractivity contribution in [2.24, 2.45) is 23.7 Å². The summed E-state index contributed by atoms with van der Waals surface area (Å²) in [5.41, 5.74) is 0. The second kappa shape index (κ2) is 4.52. The lowest BCUT2D eigenvalue weighted by molar-refractivity contribution is -0.143. The maximum atomic E-state index is 11.1. The van der Waals surface area contributed by atoms with Crippen molar-refractivity contribution in [3.63, 3.8) is 0 Å². The standard InChI is InChI=1S/C12H21NO2/c1-8-3-2-4-9(5-8)10-6-13-7-11(10)12(14)15/h8-11,13H,2-7H2,1H3,(H,14,15). The van der Waals surface area contributed by atoms with Gasteiger partial charge in [0.2, 0.25) is 0 Å². The zero-order valence-electron chi connectivity index (χ0n) is 9.41. The summed E-state index contributed by atoms with van der Waals surface area (Å²) in [6.07, 6.45) is 5.08. The smallest absolute Gasteiger partial charge is 0.308 e. The lowest BCUT2D eigenvalue weighted by Crippen LogP contribution is -2.31. The molecule has 0 amide bonds. The fourth-order valence-electron chi connectivity index (χ4n) is 3.33. The monoisotopic (exact) mass is 211 g/mol. The Bertz CT molecular complexity index is 242. The van der Waals surface area contributed by atoms with Crippen LogP contribution in [0, 0.1) is 23.7 Å². The van der Waals surface area contributed by atoms with Crippen LogP contribution in [0.5, 0.6) is 0 Å². The molecule has 0 spiro atoms. The minimum absolute atomic E-state index is 0.139. The first-order valence-electron chi connectivity index (χ1n) is 6.12. The average molecular weight is 211 g/mol. The van der Waals surface area contributed by atoms with Crippen LogP contribution in [0.1, 0.15) is 32.6 Å². The number of carboxylic acids is 1. The molecule has 0 aromatic heterocycles. The molecule has 4 unspecified atom stereocenters. The van der Waals surface area contributed by atoms with Crippen LogP contribution in [-0.4, -0.2) is 24.2 Å². The van der Waals surface area contributed by atoms with Gasteiger partial charge in [-0.05, 0) is 30.7 Å². The van der Waals surface area contributed by atoms with Crippen LogP contribution in [0.4, 0.5) is 0 Å². The van der Waals surface area contributed by atoms with E-state index < -0.39 is 5.97 Å². The number of hydrogen-bond acceptors (Lipinski definition) is 2. The Labute approximate surface area is 91.2 Å². The highest BCUT2D eigenvalue weighted by molar-refractivity contribution is 5.71. The van der Waals surface area contributed by atoms with E-state index in [0.29, 0.717) is 18.4 Å². The van der Waals surface area contributed by atoms with E-state index >= 15 is 0 Å². The van der Waals surface area contributed by atoms with Gasteiger partial charge in [-0.25, -0.2) is 0 Å². The van der Waals surface area contributed by atoms with Crippen molar-refractivity contribution >= 4 is 5.97 Å². The van der Waals surface area contributed by atoms with E-state index in [4.69, 9.17) is 5.11 Å². The molecule has 3 heteroatoms. The number of carboxylic acid groups (broad SMARTS) is 1. The molecule has 15 heavy (non-hydrogen) atoms. The first kappa shape index (κ1) is 10.9. The van der Waals surface area contributed by atoms with Crippen LogP contribution < -0.4 is 5.32 Å². The summed E-state index contributed by atoms with van der Waals surface area (Å²) in [6, 6.07) is 0. The van der Waals surface area contributed by atoms with E-state index in [1.807, 2.05) is 0 Å². The molecule has 0 aromatic carbocycles. The molecular weight excluding hydrogens is 190 g/mol. The molecule has 2 rings (SSSR count). The lowest BCUT2D eigenvalue weighted by atomic mass is 9.72. The van der Waals surface area contributed by atoms with Crippen molar-refractivity contribution in [2.45, 2.75) is 32.6 Å². The van der Waals surface area contributed by atoms with Crippen molar-refractivity contribution in [2.75, 3.05) is 13.1 Å². The molecule has 0 bridgehead atoms. The quantitative estimate of drug-likeness (QED) is 0.731. The summed E-state index contributed by atoms with van der Waals surface area (Å²) in [7, 11) is 0. The number of carbonyl (C=O) groups is 1. The molecule has 0 radical (unpaired) electrons. The summed E-state index contributed by atoms with van der Waals surface area (Å²) in [5, 5.41) is 12.4. The topological polar surface area (TPSA) is 49.3 Å². The van der Waals surface area contributed by atoms with Crippen molar-refractivity contribution in [1.82, 2.24) is 5.32 Å². The molecular formula is C12H21NO2. The fourth-order valence-corrected chi connectivity index (χ4v) is 3.33. The van der Waals surface area contributed by atoms with E-state index in [1.165, 1.54) is 25.7 Å². The Morgan fingerprint density at radius 1 is 1.33 bits per heavy atom. The number of rotatable bonds is 2. The van der Waals surface area contributed by atoms with Gasteiger partial charge in [0, 0.05) is 6.54 Å². The molecule has 1 saturated heterocycles. The molecule has 2 N–H and O–H groups in total. The Morgan fingerprint density at radius 2 is 2.13 bits per heavy atom. The maximum Gasteiger partial charge on any atom is 0.308 e. The molecule has 2 aliphatic rings. The van der Waals surface area contributed by atoms with Gasteiger partial charge in [-0.15, -0.1) is 0 Å². The Hall–Kier alpha value is -0.570. The van der Waals surface area contributed by atoms with Crippen LogP contribution in [0.2, 0.25) is 0 Å². The van der Waals surface area contributed by atoms with Crippen molar-refractivity contribution in [3.8, 4) is 0 Å². The summed E-state index contributed by atoms with van der Waals surface area (Å²) in [6.45, 7) is 3.88. The Balaban J connectivity index is 1.99. The highest BCUT2D eigenvalue weighted by atomic mass is 16.4. The largest absolute Gasteiger partial charge is 0.481 e. The number of nitrogens with one attached hydrogen (secondary N) is 1. The molecule has 1 aliphatic heterocycles. The first-order valence-corrected chi connectivity index (χ1v) is 6.12. The molecule has 1 heterocycles. The predicted molar refractivity (Wildman–Crippen MR) is 58.6 cm³/mol. The molecule has 3 nitrogen and oxygen atoms in total. The first-order chi connectivity index (χ1) is 7.18. The third-order valence-electron chi connectivity index (χ3n) is 4.16. The van der Waals surface area contributed by atoms with Gasteiger partial charge < -0.3 is 10.4 Å². The van der Waals surface area contributed by atoms with Crippen molar-refractivity contribution < 1.29 is 9.90 Å². The van der Waals surface area contributed by atoms with E-state index in [1.54, 1.807) is 0 Å². The van der Waals surface area contributed by atoms with Crippen LogP contribution in [0.15, 0.2) is 0 Å². The summed E-state index contributed by atoms with van der Waals surface area (Å²) < 4.78 is 0. The van der Waals surface area contributed by atoms with Gasteiger partial charge in [0.05, 0.1) is 5.92 Å². The predicted octanol–water partition coefficient (Wildman–Crippen LogP) is 1.73. The third-order valence-corrected chi connectivity index (χ3v) is 4.16. The van der Waals surface area contributed by atoms with Crippen molar-refractivity contribution in [3.05, 3.63) is 0 Å². The SMILES string of the molecule is CC1CCCC(C2CNCC2C(=O)O)C1. The second-order valence-corrected chi connectivity index (χ2v) is 5.30. The van der Waals surface area contributed by atoms with Crippen molar-refractivity contribution in [1.29, 1.82) is 0 Å². The van der Waals surface area contributed by atoms with Gasteiger partial charge in [-0.3, -0.25) is 4.79 Å². The minimum Gasteiger partial charge on any atom is -0.481 e. The van der Waals surface area contributed by atoms with Crippen LogP contribution in [0.25, 0.3) is 0 Å². The van der Waals surface area contributed by atoms with E-state index in [9.17, 15) is 4.79 Å². The zero-order valence-corrected chi connectivity index (χ0v) is 9.41. The summed E-state index contributed by atoms with van der Waals surface area (Å²) in [4.78, 5) is 11.1. The summed E-state index contributed by atoms with van der Waals surface area (Å²) in [5.74, 6) is 1.07. The van der Waals surface area contributed by atoms with E-state index in [2.05, 4.69) is 12.2 Å². The summed E-state index contributed by atoms with van der Waals surface area (Å²) >= 11 is 0. The molecule has 86 valence electrons. The highest BCUT2D eigenvalue weighted by Crippen LogP contribution is 2.38. The van der Waals surface area contributed by atoms with Gasteiger partial charge in [0.1, 0.15) is 0 Å². The average Bonchev–Trinajstić information content (AvgIpc) is 2.65. The van der Waals surface area contributed by atoms with Crippen LogP contribution in [0.3, 0.4) is 0 Å². The molecule has 1 saturated carbocycles. The molecule has 1 aliphatic carbocycles. The number of aliphatic carboxylic acids is 1. The minimum atomic E-state index is -0.608. The Morgan fingerprint density at radius 3 is 2.80 bits per heavy atom.